The fourth-order valence-electron chi connectivity index (χ4n) is 3.39. The van der Waals surface area contributed by atoms with E-state index >= 15 is 0 Å². The molecule has 1 saturated heterocycles. The minimum Gasteiger partial charge on any atom is -0.489 e. The molecule has 0 saturated carbocycles. The second kappa shape index (κ2) is 8.42. The Bertz CT molecular complexity index is 773. The number of amides is 1. The van der Waals surface area contributed by atoms with Crippen LogP contribution in [0.3, 0.4) is 0 Å². The molecular formula is C22H29N3O2. The van der Waals surface area contributed by atoms with E-state index in [1.54, 1.807) is 0 Å². The van der Waals surface area contributed by atoms with Gasteiger partial charge < -0.3 is 15.0 Å². The highest BCUT2D eigenvalue weighted by Gasteiger charge is 2.25. The number of ether oxygens (including phenoxy) is 1. The SMILES string of the molecule is CC(=O)N[C@@H](C)c1ccc(OC2CCN(c3cccc(C(C)C)n3)C2)cc1. The van der Waals surface area contributed by atoms with Crippen molar-refractivity contribution in [2.45, 2.75) is 52.2 Å². The van der Waals surface area contributed by atoms with Crippen molar-refractivity contribution in [3.05, 3.63) is 53.7 Å². The Morgan fingerprint density at radius 2 is 1.93 bits per heavy atom. The topological polar surface area (TPSA) is 54.5 Å². The van der Waals surface area contributed by atoms with Crippen molar-refractivity contribution < 1.29 is 9.53 Å². The van der Waals surface area contributed by atoms with Gasteiger partial charge in [-0.1, -0.05) is 32.0 Å². The van der Waals surface area contributed by atoms with Gasteiger partial charge in [-0.2, -0.15) is 0 Å². The van der Waals surface area contributed by atoms with Crippen LogP contribution in [0.2, 0.25) is 0 Å². The van der Waals surface area contributed by atoms with Gasteiger partial charge in [-0.3, -0.25) is 4.79 Å². The molecule has 1 aliphatic rings. The lowest BCUT2D eigenvalue weighted by molar-refractivity contribution is -0.119. The van der Waals surface area contributed by atoms with Gasteiger partial charge in [-0.15, -0.1) is 0 Å². The standard InChI is InChI=1S/C22H29N3O2/c1-15(2)21-6-5-7-22(24-21)25-13-12-20(14-25)27-19-10-8-18(9-11-19)16(3)23-17(4)26/h5-11,15-16,20H,12-14H2,1-4H3,(H,23,26)/t16-,20?/m0/s1. The molecule has 1 fully saturated rings. The fourth-order valence-corrected chi connectivity index (χ4v) is 3.39. The third-order valence-electron chi connectivity index (χ3n) is 4.92. The number of rotatable bonds is 6. The van der Waals surface area contributed by atoms with Crippen LogP contribution in [-0.4, -0.2) is 30.1 Å². The van der Waals surface area contributed by atoms with Crippen molar-refractivity contribution in [3.8, 4) is 5.75 Å². The Balaban J connectivity index is 1.58. The summed E-state index contributed by atoms with van der Waals surface area (Å²) in [5.41, 5.74) is 2.20. The van der Waals surface area contributed by atoms with Gasteiger partial charge in [0.1, 0.15) is 17.7 Å². The van der Waals surface area contributed by atoms with Crippen molar-refractivity contribution in [2.24, 2.45) is 0 Å². The van der Waals surface area contributed by atoms with E-state index in [0.29, 0.717) is 5.92 Å². The van der Waals surface area contributed by atoms with E-state index in [2.05, 4.69) is 42.3 Å². The number of anilines is 1. The van der Waals surface area contributed by atoms with Crippen molar-refractivity contribution >= 4 is 11.7 Å². The van der Waals surface area contributed by atoms with E-state index in [0.717, 1.165) is 42.3 Å². The Morgan fingerprint density at radius 1 is 1.19 bits per heavy atom. The molecule has 0 aliphatic carbocycles. The third-order valence-corrected chi connectivity index (χ3v) is 4.92. The van der Waals surface area contributed by atoms with Gasteiger partial charge in [-0.05, 0) is 42.7 Å². The number of hydrogen-bond donors (Lipinski definition) is 1. The van der Waals surface area contributed by atoms with E-state index in [4.69, 9.17) is 9.72 Å². The van der Waals surface area contributed by atoms with Gasteiger partial charge in [0.2, 0.25) is 5.91 Å². The average Bonchev–Trinajstić information content (AvgIpc) is 3.10. The van der Waals surface area contributed by atoms with E-state index in [-0.39, 0.29) is 18.1 Å². The summed E-state index contributed by atoms with van der Waals surface area (Å²) >= 11 is 0. The molecule has 0 radical (unpaired) electrons. The number of carbonyl (C=O) groups excluding carboxylic acids is 1. The molecule has 2 heterocycles. The van der Waals surface area contributed by atoms with Crippen molar-refractivity contribution in [1.29, 1.82) is 0 Å². The molecule has 2 atom stereocenters. The molecular weight excluding hydrogens is 338 g/mol. The molecule has 1 unspecified atom stereocenters. The number of aromatic nitrogens is 1. The lowest BCUT2D eigenvalue weighted by Crippen LogP contribution is -2.25. The van der Waals surface area contributed by atoms with Crippen LogP contribution in [0, 0.1) is 0 Å². The zero-order valence-corrected chi connectivity index (χ0v) is 16.6. The molecule has 1 aromatic heterocycles. The Labute approximate surface area is 161 Å². The minimum absolute atomic E-state index is 0.00201. The molecule has 0 bridgehead atoms. The first kappa shape index (κ1) is 19.2. The molecule has 1 aromatic carbocycles. The maximum Gasteiger partial charge on any atom is 0.217 e. The first-order valence-electron chi connectivity index (χ1n) is 9.68. The smallest absolute Gasteiger partial charge is 0.217 e. The molecule has 1 amide bonds. The highest BCUT2D eigenvalue weighted by atomic mass is 16.5. The second-order valence-corrected chi connectivity index (χ2v) is 7.54. The monoisotopic (exact) mass is 367 g/mol. The third kappa shape index (κ3) is 5.00. The van der Waals surface area contributed by atoms with Crippen LogP contribution < -0.4 is 15.0 Å². The minimum atomic E-state index is -0.0241. The van der Waals surface area contributed by atoms with E-state index < -0.39 is 0 Å². The molecule has 3 rings (SSSR count). The normalized spacial score (nSPS) is 17.8. The zero-order valence-electron chi connectivity index (χ0n) is 16.6. The molecule has 2 aromatic rings. The lowest BCUT2D eigenvalue weighted by atomic mass is 10.1. The molecule has 0 spiro atoms. The predicted octanol–water partition coefficient (Wildman–Crippen LogP) is 4.06. The zero-order chi connectivity index (χ0) is 19.4. The maximum atomic E-state index is 11.2. The number of benzene rings is 1. The van der Waals surface area contributed by atoms with Crippen molar-refractivity contribution in [2.75, 3.05) is 18.0 Å². The van der Waals surface area contributed by atoms with E-state index in [1.165, 1.54) is 6.92 Å². The summed E-state index contributed by atoms with van der Waals surface area (Å²) in [6, 6.07) is 14.2. The van der Waals surface area contributed by atoms with Gasteiger partial charge in [0.25, 0.3) is 0 Å². The highest BCUT2D eigenvalue weighted by Crippen LogP contribution is 2.25. The van der Waals surface area contributed by atoms with Gasteiger partial charge >= 0.3 is 0 Å². The molecule has 1 aliphatic heterocycles. The predicted molar refractivity (Wildman–Crippen MR) is 108 cm³/mol. The quantitative estimate of drug-likeness (QED) is 0.836. The van der Waals surface area contributed by atoms with Gasteiger partial charge in [0, 0.05) is 25.6 Å². The average molecular weight is 367 g/mol. The summed E-state index contributed by atoms with van der Waals surface area (Å²) < 4.78 is 6.16. The van der Waals surface area contributed by atoms with Crippen LogP contribution in [0.25, 0.3) is 0 Å². The van der Waals surface area contributed by atoms with Crippen molar-refractivity contribution in [1.82, 2.24) is 10.3 Å². The second-order valence-electron chi connectivity index (χ2n) is 7.54. The van der Waals surface area contributed by atoms with Crippen LogP contribution in [0.1, 0.15) is 57.3 Å². The lowest BCUT2D eigenvalue weighted by Gasteiger charge is -2.19. The largest absolute Gasteiger partial charge is 0.489 e. The van der Waals surface area contributed by atoms with Crippen LogP contribution in [0.15, 0.2) is 42.5 Å². The van der Waals surface area contributed by atoms with Gasteiger partial charge in [0.05, 0.1) is 12.6 Å². The molecule has 1 N–H and O–H groups in total. The number of pyridine rings is 1. The maximum absolute atomic E-state index is 11.2. The van der Waals surface area contributed by atoms with Crippen molar-refractivity contribution in [3.63, 3.8) is 0 Å². The number of nitrogens with zero attached hydrogens (tertiary/aromatic N) is 2. The van der Waals surface area contributed by atoms with Crippen LogP contribution in [0.4, 0.5) is 5.82 Å². The molecule has 5 heteroatoms. The number of carbonyl (C=O) groups is 1. The first-order valence-corrected chi connectivity index (χ1v) is 9.68. The number of nitrogens with one attached hydrogen (secondary N) is 1. The summed E-state index contributed by atoms with van der Waals surface area (Å²) in [6.07, 6.45) is 1.14. The Hall–Kier alpha value is -2.56. The summed E-state index contributed by atoms with van der Waals surface area (Å²) in [6.45, 7) is 9.64. The van der Waals surface area contributed by atoms with Crippen LogP contribution in [0.5, 0.6) is 5.75 Å². The van der Waals surface area contributed by atoms with E-state index in [1.807, 2.05) is 31.2 Å². The summed E-state index contributed by atoms with van der Waals surface area (Å²) in [5, 5.41) is 2.89. The van der Waals surface area contributed by atoms with Gasteiger partial charge in [0.15, 0.2) is 0 Å². The first-order chi connectivity index (χ1) is 12.9. The Kier molecular flexibility index (Phi) is 5.99. The fraction of sp³-hybridized carbons (Fsp3) is 0.455. The molecule has 27 heavy (non-hydrogen) atoms. The van der Waals surface area contributed by atoms with Crippen LogP contribution >= 0.6 is 0 Å². The summed E-state index contributed by atoms with van der Waals surface area (Å²) in [7, 11) is 0. The summed E-state index contributed by atoms with van der Waals surface area (Å²) in [4.78, 5) is 18.3. The molecule has 5 nitrogen and oxygen atoms in total. The molecule has 144 valence electrons. The number of hydrogen-bond acceptors (Lipinski definition) is 4. The highest BCUT2D eigenvalue weighted by molar-refractivity contribution is 5.73. The van der Waals surface area contributed by atoms with E-state index in [9.17, 15) is 4.79 Å². The summed E-state index contributed by atoms with van der Waals surface area (Å²) in [5.74, 6) is 2.30. The van der Waals surface area contributed by atoms with Crippen LogP contribution in [-0.2, 0) is 4.79 Å². The van der Waals surface area contributed by atoms with Gasteiger partial charge in [-0.25, -0.2) is 4.98 Å². The Morgan fingerprint density at radius 3 is 2.59 bits per heavy atom.